The predicted molar refractivity (Wildman–Crippen MR) is 138 cm³/mol. The lowest BCUT2D eigenvalue weighted by atomic mass is 9.87. The maximum Gasteiger partial charge on any atom is 0.333 e. The van der Waals surface area contributed by atoms with E-state index in [9.17, 15) is 9.90 Å². The van der Waals surface area contributed by atoms with Gasteiger partial charge in [0.25, 0.3) is 0 Å². The van der Waals surface area contributed by atoms with Gasteiger partial charge in [-0.05, 0) is 72.2 Å². The number of hydrogen-bond acceptors (Lipinski definition) is 4. The Balaban J connectivity index is 2.07. The molecule has 0 amide bonds. The molecule has 0 saturated carbocycles. The van der Waals surface area contributed by atoms with Crippen molar-refractivity contribution in [1.82, 2.24) is 0 Å². The van der Waals surface area contributed by atoms with E-state index >= 15 is 0 Å². The van der Waals surface area contributed by atoms with E-state index in [0.29, 0.717) is 11.3 Å². The number of ether oxygens (including phenoxy) is 2. The van der Waals surface area contributed by atoms with Gasteiger partial charge in [0.05, 0.1) is 6.61 Å². The maximum atomic E-state index is 12.0. The Hall–Kier alpha value is -3.37. The summed E-state index contributed by atoms with van der Waals surface area (Å²) < 4.78 is 11.1. The lowest BCUT2D eigenvalue weighted by Gasteiger charge is -2.19. The van der Waals surface area contributed by atoms with E-state index in [1.165, 1.54) is 33.4 Å². The minimum atomic E-state index is -0.440. The van der Waals surface area contributed by atoms with Gasteiger partial charge in [-0.3, -0.25) is 0 Å². The van der Waals surface area contributed by atoms with Crippen LogP contribution in [-0.2, 0) is 29.0 Å². The van der Waals surface area contributed by atoms with Crippen LogP contribution in [0.4, 0.5) is 0 Å². The fraction of sp³-hybridized carbons (Fsp3) is 0.300. The molecule has 0 atom stereocenters. The van der Waals surface area contributed by atoms with Gasteiger partial charge in [0.1, 0.15) is 19.0 Å². The third-order valence-electron chi connectivity index (χ3n) is 5.85. The number of aryl methyl sites for hydroxylation is 3. The van der Waals surface area contributed by atoms with Crippen LogP contribution in [0, 0.1) is 6.92 Å². The van der Waals surface area contributed by atoms with Gasteiger partial charge in [0, 0.05) is 11.1 Å². The molecule has 34 heavy (non-hydrogen) atoms. The zero-order valence-electron chi connectivity index (χ0n) is 20.6. The van der Waals surface area contributed by atoms with Crippen molar-refractivity contribution >= 4 is 5.97 Å². The highest BCUT2D eigenvalue weighted by Crippen LogP contribution is 2.36. The molecular weight excluding hydrogens is 424 g/mol. The summed E-state index contributed by atoms with van der Waals surface area (Å²) in [5.41, 5.74) is 9.58. The van der Waals surface area contributed by atoms with E-state index < -0.39 is 5.97 Å². The molecule has 0 radical (unpaired) electrons. The third-order valence-corrected chi connectivity index (χ3v) is 5.85. The summed E-state index contributed by atoms with van der Waals surface area (Å²) in [7, 11) is 0. The lowest BCUT2D eigenvalue weighted by Crippen LogP contribution is -2.08. The Morgan fingerprint density at radius 2 is 1.47 bits per heavy atom. The van der Waals surface area contributed by atoms with Gasteiger partial charge in [-0.2, -0.15) is 0 Å². The van der Waals surface area contributed by atoms with Crippen molar-refractivity contribution in [2.24, 2.45) is 0 Å². The molecule has 0 aliphatic carbocycles. The van der Waals surface area contributed by atoms with Gasteiger partial charge in [-0.1, -0.05) is 68.5 Å². The smallest absolute Gasteiger partial charge is 0.333 e. The molecule has 0 aromatic heterocycles. The van der Waals surface area contributed by atoms with Gasteiger partial charge in [0.2, 0.25) is 0 Å². The predicted octanol–water partition coefficient (Wildman–Crippen LogP) is 6.44. The van der Waals surface area contributed by atoms with E-state index in [0.717, 1.165) is 24.0 Å². The van der Waals surface area contributed by atoms with Crippen LogP contribution in [-0.4, -0.2) is 24.3 Å². The van der Waals surface area contributed by atoms with Crippen LogP contribution in [0.2, 0.25) is 0 Å². The number of aliphatic hydroxyl groups is 1. The summed E-state index contributed by atoms with van der Waals surface area (Å²) >= 11 is 0. The second-order valence-electron chi connectivity index (χ2n) is 8.49. The molecule has 3 aromatic rings. The van der Waals surface area contributed by atoms with Gasteiger partial charge in [-0.15, -0.1) is 0 Å². The first-order valence-corrected chi connectivity index (χ1v) is 11.8. The normalized spacial score (nSPS) is 10.7. The number of rotatable bonds is 10. The largest absolute Gasteiger partial charge is 0.491 e. The van der Waals surface area contributed by atoms with Gasteiger partial charge >= 0.3 is 5.97 Å². The van der Waals surface area contributed by atoms with Crippen LogP contribution in [0.1, 0.15) is 43.0 Å². The zero-order chi connectivity index (χ0) is 24.7. The molecule has 3 aromatic carbocycles. The van der Waals surface area contributed by atoms with E-state index in [1.807, 2.05) is 18.2 Å². The number of benzene rings is 3. The van der Waals surface area contributed by atoms with E-state index in [1.54, 1.807) is 6.92 Å². The maximum absolute atomic E-state index is 12.0. The first kappa shape index (κ1) is 25.3. The van der Waals surface area contributed by atoms with Crippen LogP contribution in [0.25, 0.3) is 22.3 Å². The molecule has 0 unspecified atom stereocenters. The molecule has 4 nitrogen and oxygen atoms in total. The van der Waals surface area contributed by atoms with E-state index in [2.05, 4.69) is 63.7 Å². The molecular formula is C30H34O4. The van der Waals surface area contributed by atoms with Crippen molar-refractivity contribution in [3.05, 3.63) is 89.0 Å². The second kappa shape index (κ2) is 11.7. The van der Waals surface area contributed by atoms with Crippen molar-refractivity contribution in [2.75, 3.05) is 13.2 Å². The van der Waals surface area contributed by atoms with Gasteiger partial charge in [-0.25, -0.2) is 4.79 Å². The van der Waals surface area contributed by atoms with Crippen LogP contribution < -0.4 is 4.74 Å². The molecule has 1 N–H and O–H groups in total. The molecule has 4 heteroatoms. The SMILES string of the molecule is C=C(C)C(=O)OCc1cc(-c2c(CC)cc(-c3ccc(C)cc3)cc2CC)ccc1OCCO. The Morgan fingerprint density at radius 3 is 2.03 bits per heavy atom. The highest BCUT2D eigenvalue weighted by molar-refractivity contribution is 5.87. The van der Waals surface area contributed by atoms with Crippen LogP contribution >= 0.6 is 0 Å². The lowest BCUT2D eigenvalue weighted by molar-refractivity contribution is -0.140. The third kappa shape index (κ3) is 5.95. The Kier molecular flexibility index (Phi) is 8.67. The summed E-state index contributed by atoms with van der Waals surface area (Å²) in [6.07, 6.45) is 1.79. The standard InChI is InChI=1S/C30H34O4/c1-6-22-16-26(24-10-8-21(5)9-11-24)17-23(7-2)29(22)25-12-13-28(33-15-14-31)27(18-25)19-34-30(32)20(3)4/h8-13,16-18,31H,3,6-7,14-15,19H2,1-2,4-5H3. The monoisotopic (exact) mass is 458 g/mol. The number of aliphatic hydroxyl groups excluding tert-OH is 1. The average Bonchev–Trinajstić information content (AvgIpc) is 2.85. The summed E-state index contributed by atoms with van der Waals surface area (Å²) in [5, 5.41) is 9.19. The molecule has 0 aliphatic rings. The zero-order valence-corrected chi connectivity index (χ0v) is 20.6. The molecule has 0 fully saturated rings. The summed E-state index contributed by atoms with van der Waals surface area (Å²) in [5.74, 6) is 0.157. The Labute approximate surface area is 202 Å². The quantitative estimate of drug-likeness (QED) is 0.280. The van der Waals surface area contributed by atoms with Crippen molar-refractivity contribution in [3.8, 4) is 28.0 Å². The minimum absolute atomic E-state index is 0.0741. The number of esters is 1. The van der Waals surface area contributed by atoms with Crippen molar-refractivity contribution in [3.63, 3.8) is 0 Å². The molecule has 0 heterocycles. The fourth-order valence-electron chi connectivity index (χ4n) is 4.02. The molecule has 0 bridgehead atoms. The van der Waals surface area contributed by atoms with Crippen LogP contribution in [0.15, 0.2) is 66.7 Å². The topological polar surface area (TPSA) is 55.8 Å². The minimum Gasteiger partial charge on any atom is -0.491 e. The van der Waals surface area contributed by atoms with E-state index in [-0.39, 0.29) is 19.8 Å². The highest BCUT2D eigenvalue weighted by atomic mass is 16.5. The number of hydrogen-bond donors (Lipinski definition) is 1. The van der Waals surface area contributed by atoms with Crippen LogP contribution in [0.5, 0.6) is 5.75 Å². The molecule has 0 saturated heterocycles. The molecule has 0 spiro atoms. The second-order valence-corrected chi connectivity index (χ2v) is 8.49. The first-order valence-electron chi connectivity index (χ1n) is 11.8. The summed E-state index contributed by atoms with van der Waals surface area (Å²) in [6.45, 7) is 11.9. The van der Waals surface area contributed by atoms with Crippen molar-refractivity contribution < 1.29 is 19.4 Å². The summed E-state index contributed by atoms with van der Waals surface area (Å²) in [4.78, 5) is 12.0. The fourth-order valence-corrected chi connectivity index (χ4v) is 4.02. The van der Waals surface area contributed by atoms with Crippen LogP contribution in [0.3, 0.4) is 0 Å². The molecule has 3 rings (SSSR count). The molecule has 0 aliphatic heterocycles. The van der Waals surface area contributed by atoms with Gasteiger partial charge < -0.3 is 14.6 Å². The Morgan fingerprint density at radius 1 is 0.882 bits per heavy atom. The highest BCUT2D eigenvalue weighted by Gasteiger charge is 2.16. The molecule has 178 valence electrons. The number of carbonyl (C=O) groups excluding carboxylic acids is 1. The number of carbonyl (C=O) groups is 1. The average molecular weight is 459 g/mol. The van der Waals surface area contributed by atoms with Crippen molar-refractivity contribution in [2.45, 2.75) is 47.1 Å². The van der Waals surface area contributed by atoms with Crippen molar-refractivity contribution in [1.29, 1.82) is 0 Å². The Bertz CT molecular complexity index is 1130. The van der Waals surface area contributed by atoms with Gasteiger partial charge in [0.15, 0.2) is 0 Å². The summed E-state index contributed by atoms with van der Waals surface area (Å²) in [6, 6.07) is 19.1. The van der Waals surface area contributed by atoms with E-state index in [4.69, 9.17) is 9.47 Å². The first-order chi connectivity index (χ1) is 16.4.